The summed E-state index contributed by atoms with van der Waals surface area (Å²) in [7, 11) is 0. The second kappa shape index (κ2) is 5.57. The van der Waals surface area contributed by atoms with Gasteiger partial charge in [-0.25, -0.2) is 0 Å². The van der Waals surface area contributed by atoms with E-state index in [-0.39, 0.29) is 0 Å². The van der Waals surface area contributed by atoms with Gasteiger partial charge < -0.3 is 4.90 Å². The summed E-state index contributed by atoms with van der Waals surface area (Å²) in [6, 6.07) is 9.20. The summed E-state index contributed by atoms with van der Waals surface area (Å²) >= 11 is 5.24. The molecule has 2 nitrogen and oxygen atoms in total. The maximum Gasteiger partial charge on any atom is 0.120 e. The molecule has 0 amide bonds. The van der Waals surface area contributed by atoms with Gasteiger partial charge >= 0.3 is 0 Å². The predicted octanol–water partition coefficient (Wildman–Crippen LogP) is 4.44. The molecule has 96 valence electrons. The summed E-state index contributed by atoms with van der Waals surface area (Å²) in [5.41, 5.74) is 1.13. The molecule has 1 aromatic carbocycles. The van der Waals surface area contributed by atoms with Crippen molar-refractivity contribution in [2.75, 3.05) is 16.8 Å². The van der Waals surface area contributed by atoms with E-state index in [1.54, 1.807) is 11.5 Å². The van der Waals surface area contributed by atoms with Gasteiger partial charge in [0, 0.05) is 23.3 Å². The number of rotatable bonds is 4. The van der Waals surface area contributed by atoms with Crippen LogP contribution in [0.15, 0.2) is 24.3 Å². The lowest BCUT2D eigenvalue weighted by atomic mass is 10.2. The molecule has 0 saturated heterocycles. The third-order valence-corrected chi connectivity index (χ3v) is 4.99. The normalized spacial score (nSPS) is 16.5. The van der Waals surface area contributed by atoms with Crippen LogP contribution in [0, 0.1) is 0 Å². The zero-order valence-corrected chi connectivity index (χ0v) is 12.7. The number of hydrogen-bond donors (Lipinski definition) is 0. The van der Waals surface area contributed by atoms with E-state index < -0.39 is 0 Å². The Morgan fingerprint density at radius 1 is 1.28 bits per heavy atom. The molecule has 0 N–H and O–H groups in total. The second-order valence-electron chi connectivity index (χ2n) is 4.83. The molecule has 0 unspecified atom stereocenters. The molecule has 18 heavy (non-hydrogen) atoms. The Balaban J connectivity index is 1.98. The third kappa shape index (κ3) is 2.28. The Morgan fingerprint density at radius 2 is 2.06 bits per heavy atom. The molecule has 0 spiro atoms. The average Bonchev–Trinajstić information content (AvgIpc) is 3.06. The molecular formula is C14H17BrN2S. The lowest BCUT2D eigenvalue weighted by molar-refractivity contribution is 0.628. The third-order valence-electron chi connectivity index (χ3n) is 3.72. The number of nitrogens with zero attached hydrogens (tertiary/aromatic N) is 2. The van der Waals surface area contributed by atoms with Crippen LogP contribution >= 0.6 is 27.5 Å². The molecule has 1 aromatic heterocycles. The van der Waals surface area contributed by atoms with Crippen molar-refractivity contribution in [2.45, 2.75) is 31.7 Å². The Morgan fingerprint density at radius 3 is 2.83 bits per heavy atom. The molecule has 0 atom stereocenters. The van der Waals surface area contributed by atoms with Crippen LogP contribution in [0.3, 0.4) is 0 Å². The molecule has 3 rings (SSSR count). The van der Waals surface area contributed by atoms with Crippen molar-refractivity contribution >= 4 is 43.4 Å². The van der Waals surface area contributed by atoms with E-state index in [0.29, 0.717) is 6.04 Å². The first-order valence-electron chi connectivity index (χ1n) is 6.57. The van der Waals surface area contributed by atoms with E-state index in [1.165, 1.54) is 36.1 Å². The van der Waals surface area contributed by atoms with Crippen LogP contribution in [-0.4, -0.2) is 22.3 Å². The van der Waals surface area contributed by atoms with Gasteiger partial charge in [-0.3, -0.25) is 0 Å². The van der Waals surface area contributed by atoms with Crippen LogP contribution in [0.25, 0.3) is 10.9 Å². The van der Waals surface area contributed by atoms with Crippen molar-refractivity contribution in [3.63, 3.8) is 0 Å². The van der Waals surface area contributed by atoms with E-state index in [2.05, 4.69) is 49.5 Å². The van der Waals surface area contributed by atoms with Crippen molar-refractivity contribution in [1.29, 1.82) is 0 Å². The van der Waals surface area contributed by atoms with Crippen LogP contribution in [-0.2, 0) is 0 Å². The molecule has 0 bridgehead atoms. The average molecular weight is 325 g/mol. The van der Waals surface area contributed by atoms with Gasteiger partial charge in [-0.05, 0) is 36.5 Å². The summed E-state index contributed by atoms with van der Waals surface area (Å²) in [6.07, 6.45) is 5.42. The number of anilines is 1. The van der Waals surface area contributed by atoms with Gasteiger partial charge in [0.15, 0.2) is 0 Å². The Labute approximate surface area is 120 Å². The van der Waals surface area contributed by atoms with Gasteiger partial charge in [0.05, 0.1) is 5.52 Å². The van der Waals surface area contributed by atoms with Gasteiger partial charge in [-0.1, -0.05) is 40.9 Å². The molecule has 1 heterocycles. The Hall–Kier alpha value is -0.610. The molecule has 4 heteroatoms. The quantitative estimate of drug-likeness (QED) is 0.773. The second-order valence-corrected chi connectivity index (χ2v) is 6.37. The zero-order chi connectivity index (χ0) is 12.4. The monoisotopic (exact) mass is 324 g/mol. The summed E-state index contributed by atoms with van der Waals surface area (Å²) in [5.74, 6) is 0. The zero-order valence-electron chi connectivity index (χ0n) is 10.3. The van der Waals surface area contributed by atoms with Crippen molar-refractivity contribution in [3.8, 4) is 0 Å². The van der Waals surface area contributed by atoms with Gasteiger partial charge in [0.2, 0.25) is 0 Å². The molecule has 0 aliphatic heterocycles. The van der Waals surface area contributed by atoms with Crippen LogP contribution < -0.4 is 4.90 Å². The molecular weight excluding hydrogens is 308 g/mol. The minimum Gasteiger partial charge on any atom is -0.358 e. The van der Waals surface area contributed by atoms with Gasteiger partial charge in [-0.15, -0.1) is 0 Å². The van der Waals surface area contributed by atoms with E-state index >= 15 is 0 Å². The largest absolute Gasteiger partial charge is 0.358 e. The van der Waals surface area contributed by atoms with Crippen LogP contribution in [0.1, 0.15) is 25.7 Å². The number of hydrogen-bond acceptors (Lipinski definition) is 3. The fourth-order valence-electron chi connectivity index (χ4n) is 2.84. The van der Waals surface area contributed by atoms with Crippen molar-refractivity contribution in [3.05, 3.63) is 24.3 Å². The van der Waals surface area contributed by atoms with E-state index in [9.17, 15) is 0 Å². The molecule has 2 aromatic rings. The van der Waals surface area contributed by atoms with E-state index in [0.717, 1.165) is 17.4 Å². The van der Waals surface area contributed by atoms with E-state index in [4.69, 9.17) is 0 Å². The highest BCUT2D eigenvalue weighted by atomic mass is 79.9. The first-order valence-corrected chi connectivity index (χ1v) is 8.46. The standard InChI is InChI=1S/C14H17BrN2S/c15-9-10-17(11-5-1-2-6-11)14-12-7-3-4-8-13(12)16-18-14/h3-4,7-8,11H,1-2,5-6,9-10H2. The van der Waals surface area contributed by atoms with Gasteiger partial charge in [-0.2, -0.15) is 4.37 Å². The fraction of sp³-hybridized carbons (Fsp3) is 0.500. The van der Waals surface area contributed by atoms with Crippen molar-refractivity contribution < 1.29 is 0 Å². The predicted molar refractivity (Wildman–Crippen MR) is 83.0 cm³/mol. The Kier molecular flexibility index (Phi) is 3.85. The fourth-order valence-corrected chi connectivity index (χ4v) is 4.18. The number of halogens is 1. The topological polar surface area (TPSA) is 16.1 Å². The summed E-state index contributed by atoms with van der Waals surface area (Å²) in [4.78, 5) is 2.57. The maximum atomic E-state index is 4.58. The summed E-state index contributed by atoms with van der Waals surface area (Å²) in [6.45, 7) is 1.08. The number of alkyl halides is 1. The molecule has 1 fully saturated rings. The first kappa shape index (κ1) is 12.4. The van der Waals surface area contributed by atoms with Crippen LogP contribution in [0.2, 0.25) is 0 Å². The van der Waals surface area contributed by atoms with Gasteiger partial charge in [0.1, 0.15) is 5.00 Å². The number of aromatic nitrogens is 1. The first-order chi connectivity index (χ1) is 8.90. The maximum absolute atomic E-state index is 4.58. The number of benzene rings is 1. The molecule has 1 aliphatic carbocycles. The van der Waals surface area contributed by atoms with Gasteiger partial charge in [0.25, 0.3) is 0 Å². The summed E-state index contributed by atoms with van der Waals surface area (Å²) < 4.78 is 4.58. The summed E-state index contributed by atoms with van der Waals surface area (Å²) in [5, 5.41) is 3.70. The highest BCUT2D eigenvalue weighted by Gasteiger charge is 2.24. The van der Waals surface area contributed by atoms with Crippen LogP contribution in [0.5, 0.6) is 0 Å². The SMILES string of the molecule is BrCCN(c1snc2ccccc12)C1CCCC1. The molecule has 1 aliphatic rings. The van der Waals surface area contributed by atoms with Crippen molar-refractivity contribution in [2.24, 2.45) is 0 Å². The minimum atomic E-state index is 0.714. The smallest absolute Gasteiger partial charge is 0.120 e. The van der Waals surface area contributed by atoms with Crippen molar-refractivity contribution in [1.82, 2.24) is 4.37 Å². The lowest BCUT2D eigenvalue weighted by Gasteiger charge is -2.29. The Bertz CT molecular complexity index is 519. The lowest BCUT2D eigenvalue weighted by Crippen LogP contribution is -2.34. The highest BCUT2D eigenvalue weighted by Crippen LogP contribution is 2.36. The van der Waals surface area contributed by atoms with E-state index in [1.807, 2.05) is 0 Å². The highest BCUT2D eigenvalue weighted by molar-refractivity contribution is 9.09. The number of fused-ring (bicyclic) bond motifs is 1. The molecule has 0 radical (unpaired) electrons. The van der Waals surface area contributed by atoms with Crippen LogP contribution in [0.4, 0.5) is 5.00 Å². The minimum absolute atomic E-state index is 0.714. The molecule has 1 saturated carbocycles.